The molecule has 2 heterocycles. The summed E-state index contributed by atoms with van der Waals surface area (Å²) < 4.78 is 5.50. The fourth-order valence-electron chi connectivity index (χ4n) is 1.52. The van der Waals surface area contributed by atoms with E-state index in [2.05, 4.69) is 9.97 Å². The van der Waals surface area contributed by atoms with Gasteiger partial charge in [0.2, 0.25) is 0 Å². The van der Waals surface area contributed by atoms with Crippen LogP contribution in [0.15, 0.2) is 6.07 Å². The van der Waals surface area contributed by atoms with Crippen molar-refractivity contribution in [1.29, 1.82) is 0 Å². The largest absolute Gasteiger partial charge is 0.372 e. The van der Waals surface area contributed by atoms with Crippen LogP contribution in [0.4, 0.5) is 0 Å². The fraction of sp³-hybridized carbons (Fsp3) is 0.556. The molecule has 1 unspecified atom stereocenters. The molecule has 0 aliphatic carbocycles. The lowest BCUT2D eigenvalue weighted by atomic mass is 10.2. The molecule has 1 fully saturated rings. The van der Waals surface area contributed by atoms with E-state index in [0.717, 1.165) is 25.1 Å². The summed E-state index contributed by atoms with van der Waals surface area (Å²) in [5.74, 6) is 0.838. The number of rotatable bonds is 2. The highest BCUT2D eigenvalue weighted by atomic mass is 35.5. The third kappa shape index (κ3) is 2.16. The van der Waals surface area contributed by atoms with Gasteiger partial charge in [-0.15, -0.1) is 11.6 Å². The van der Waals surface area contributed by atoms with Gasteiger partial charge in [0.1, 0.15) is 11.0 Å². The molecular formula is C9H10Cl2N2O. The molecule has 1 aliphatic heterocycles. The quantitative estimate of drug-likeness (QED) is 0.581. The SMILES string of the molecule is ClCc1nc(Cl)cc(C2CCCO2)n1. The van der Waals surface area contributed by atoms with Crippen molar-refractivity contribution in [2.24, 2.45) is 0 Å². The summed E-state index contributed by atoms with van der Waals surface area (Å²) >= 11 is 11.5. The van der Waals surface area contributed by atoms with Crippen molar-refractivity contribution in [1.82, 2.24) is 9.97 Å². The van der Waals surface area contributed by atoms with Gasteiger partial charge in [-0.2, -0.15) is 0 Å². The first-order valence-electron chi connectivity index (χ1n) is 4.50. The minimum Gasteiger partial charge on any atom is -0.372 e. The summed E-state index contributed by atoms with van der Waals surface area (Å²) in [6.45, 7) is 0.794. The zero-order valence-electron chi connectivity index (χ0n) is 7.54. The molecule has 0 amide bonds. The van der Waals surface area contributed by atoms with Crippen LogP contribution in [0.2, 0.25) is 5.15 Å². The van der Waals surface area contributed by atoms with Crippen LogP contribution < -0.4 is 0 Å². The number of aromatic nitrogens is 2. The predicted molar refractivity (Wildman–Crippen MR) is 54.5 cm³/mol. The molecule has 1 atom stereocenters. The summed E-state index contributed by atoms with van der Waals surface area (Å²) in [5.41, 5.74) is 0.846. The van der Waals surface area contributed by atoms with E-state index in [1.54, 1.807) is 6.07 Å². The lowest BCUT2D eigenvalue weighted by Crippen LogP contribution is -2.03. The average molecular weight is 233 g/mol. The predicted octanol–water partition coefficient (Wildman–Crippen LogP) is 2.72. The second-order valence-corrected chi connectivity index (χ2v) is 3.82. The second-order valence-electron chi connectivity index (χ2n) is 3.17. The van der Waals surface area contributed by atoms with Crippen LogP contribution in [0.3, 0.4) is 0 Å². The van der Waals surface area contributed by atoms with E-state index < -0.39 is 0 Å². The Balaban J connectivity index is 2.27. The molecule has 1 aromatic rings. The molecule has 1 aliphatic rings. The van der Waals surface area contributed by atoms with Crippen LogP contribution in [0.25, 0.3) is 0 Å². The average Bonchev–Trinajstić information content (AvgIpc) is 2.69. The first-order chi connectivity index (χ1) is 6.79. The maximum absolute atomic E-state index is 5.84. The Labute approximate surface area is 92.4 Å². The first kappa shape index (κ1) is 10.1. The molecule has 5 heteroatoms. The van der Waals surface area contributed by atoms with Crippen LogP contribution in [-0.2, 0) is 10.6 Å². The third-order valence-electron chi connectivity index (χ3n) is 2.14. The monoisotopic (exact) mass is 232 g/mol. The molecule has 14 heavy (non-hydrogen) atoms. The Morgan fingerprint density at radius 3 is 3.00 bits per heavy atom. The van der Waals surface area contributed by atoms with Crippen molar-refractivity contribution in [2.45, 2.75) is 24.8 Å². The van der Waals surface area contributed by atoms with Gasteiger partial charge in [-0.3, -0.25) is 0 Å². The van der Waals surface area contributed by atoms with E-state index in [4.69, 9.17) is 27.9 Å². The fourth-order valence-corrected chi connectivity index (χ4v) is 1.85. The first-order valence-corrected chi connectivity index (χ1v) is 5.42. The maximum atomic E-state index is 5.84. The number of ether oxygens (including phenoxy) is 1. The van der Waals surface area contributed by atoms with Gasteiger partial charge in [0.25, 0.3) is 0 Å². The van der Waals surface area contributed by atoms with Crippen LogP contribution in [0.1, 0.15) is 30.5 Å². The highest BCUT2D eigenvalue weighted by Gasteiger charge is 2.20. The van der Waals surface area contributed by atoms with Crippen molar-refractivity contribution in [3.8, 4) is 0 Å². The van der Waals surface area contributed by atoms with Gasteiger partial charge in [0, 0.05) is 6.61 Å². The Hall–Kier alpha value is -0.380. The van der Waals surface area contributed by atoms with Gasteiger partial charge in [-0.05, 0) is 18.9 Å². The lowest BCUT2D eigenvalue weighted by molar-refractivity contribution is 0.108. The van der Waals surface area contributed by atoms with Crippen LogP contribution in [0, 0.1) is 0 Å². The normalized spacial score (nSPS) is 21.4. The topological polar surface area (TPSA) is 35.0 Å². The van der Waals surface area contributed by atoms with Gasteiger partial charge in [-0.1, -0.05) is 11.6 Å². The number of hydrogen-bond acceptors (Lipinski definition) is 3. The highest BCUT2D eigenvalue weighted by Crippen LogP contribution is 2.28. The standard InChI is InChI=1S/C9H10Cl2N2O/c10-5-9-12-6(4-8(11)13-9)7-2-1-3-14-7/h4,7H,1-3,5H2. The van der Waals surface area contributed by atoms with Crippen molar-refractivity contribution >= 4 is 23.2 Å². The number of hydrogen-bond donors (Lipinski definition) is 0. The van der Waals surface area contributed by atoms with Gasteiger partial charge >= 0.3 is 0 Å². The summed E-state index contributed by atoms with van der Waals surface area (Å²) in [7, 11) is 0. The summed E-state index contributed by atoms with van der Waals surface area (Å²) in [6.07, 6.45) is 2.13. The van der Waals surface area contributed by atoms with Gasteiger partial charge in [-0.25, -0.2) is 9.97 Å². The van der Waals surface area contributed by atoms with Crippen molar-refractivity contribution < 1.29 is 4.74 Å². The van der Waals surface area contributed by atoms with Gasteiger partial charge in [0.05, 0.1) is 17.7 Å². The molecule has 3 nitrogen and oxygen atoms in total. The number of halogens is 2. The van der Waals surface area contributed by atoms with E-state index in [0.29, 0.717) is 11.0 Å². The maximum Gasteiger partial charge on any atom is 0.145 e. The Morgan fingerprint density at radius 2 is 2.36 bits per heavy atom. The van der Waals surface area contributed by atoms with Crippen LogP contribution in [0.5, 0.6) is 0 Å². The smallest absolute Gasteiger partial charge is 0.145 e. The summed E-state index contributed by atoms with van der Waals surface area (Å²) in [5, 5.41) is 0.432. The molecular weight excluding hydrogens is 223 g/mol. The van der Waals surface area contributed by atoms with Crippen LogP contribution in [-0.4, -0.2) is 16.6 Å². The summed E-state index contributed by atoms with van der Waals surface area (Å²) in [4.78, 5) is 8.27. The zero-order valence-corrected chi connectivity index (χ0v) is 9.05. The van der Waals surface area contributed by atoms with Crippen molar-refractivity contribution in [3.05, 3.63) is 22.7 Å². The number of alkyl halides is 1. The molecule has 1 saturated heterocycles. The minimum absolute atomic E-state index is 0.0671. The van der Waals surface area contributed by atoms with E-state index in [-0.39, 0.29) is 12.0 Å². The molecule has 0 N–H and O–H groups in total. The molecule has 1 aromatic heterocycles. The molecule has 0 radical (unpaired) electrons. The molecule has 2 rings (SSSR count). The second kappa shape index (κ2) is 4.43. The molecule has 0 bridgehead atoms. The molecule has 0 saturated carbocycles. The van der Waals surface area contributed by atoms with Crippen LogP contribution >= 0.6 is 23.2 Å². The Kier molecular flexibility index (Phi) is 3.21. The Morgan fingerprint density at radius 1 is 1.50 bits per heavy atom. The van der Waals surface area contributed by atoms with Crippen molar-refractivity contribution in [2.75, 3.05) is 6.61 Å². The zero-order chi connectivity index (χ0) is 9.97. The number of nitrogens with zero attached hydrogens (tertiary/aromatic N) is 2. The molecule has 0 aromatic carbocycles. The van der Waals surface area contributed by atoms with E-state index >= 15 is 0 Å². The highest BCUT2D eigenvalue weighted by molar-refractivity contribution is 6.29. The van der Waals surface area contributed by atoms with E-state index in [9.17, 15) is 0 Å². The molecule has 0 spiro atoms. The van der Waals surface area contributed by atoms with Crippen molar-refractivity contribution in [3.63, 3.8) is 0 Å². The third-order valence-corrected chi connectivity index (χ3v) is 2.57. The molecule has 76 valence electrons. The lowest BCUT2D eigenvalue weighted by Gasteiger charge is -2.09. The van der Waals surface area contributed by atoms with E-state index in [1.165, 1.54) is 0 Å². The van der Waals surface area contributed by atoms with Gasteiger partial charge in [0.15, 0.2) is 0 Å². The Bertz CT molecular complexity index is 327. The minimum atomic E-state index is 0.0671. The van der Waals surface area contributed by atoms with Gasteiger partial charge < -0.3 is 4.74 Å². The summed E-state index contributed by atoms with van der Waals surface area (Å²) in [6, 6.07) is 1.74. The van der Waals surface area contributed by atoms with E-state index in [1.807, 2.05) is 0 Å².